The number of amides is 1. The second-order valence-corrected chi connectivity index (χ2v) is 11.1. The molecule has 0 bridgehead atoms. The number of hydrogen-bond donors (Lipinski definition) is 1. The van der Waals surface area contributed by atoms with E-state index in [-0.39, 0.29) is 47.8 Å². The first-order valence-corrected chi connectivity index (χ1v) is 13.9. The Labute approximate surface area is 230 Å². The summed E-state index contributed by atoms with van der Waals surface area (Å²) in [6.07, 6.45) is 2.65. The van der Waals surface area contributed by atoms with Gasteiger partial charge in [-0.2, -0.15) is 0 Å². The van der Waals surface area contributed by atoms with Crippen molar-refractivity contribution in [1.82, 2.24) is 14.9 Å². The first kappa shape index (κ1) is 26.9. The van der Waals surface area contributed by atoms with Gasteiger partial charge in [-0.3, -0.25) is 19.2 Å². The Morgan fingerprint density at radius 2 is 1.93 bits per heavy atom. The Hall–Kier alpha value is -4.65. The molecule has 1 unspecified atom stereocenters. The number of H-pyrrole nitrogens is 1. The number of nitrogens with zero attached hydrogens (tertiary/aromatic N) is 4. The molecule has 0 radical (unpaired) electrons. The van der Waals surface area contributed by atoms with Gasteiger partial charge in [0.15, 0.2) is 0 Å². The molecule has 2 aromatic heterocycles. The fourth-order valence-electron chi connectivity index (χ4n) is 4.97. The number of aromatic amines is 1. The number of hydrogen-bond acceptors (Lipinski definition) is 8. The van der Waals surface area contributed by atoms with E-state index in [1.165, 1.54) is 25.4 Å². The largest absolute Gasteiger partial charge is 0.497 e. The van der Waals surface area contributed by atoms with Crippen molar-refractivity contribution in [1.29, 1.82) is 0 Å². The quantitative estimate of drug-likeness (QED) is 0.238. The predicted octanol–water partition coefficient (Wildman–Crippen LogP) is 3.87. The van der Waals surface area contributed by atoms with Crippen molar-refractivity contribution in [2.45, 2.75) is 30.3 Å². The molecule has 1 atom stereocenters. The van der Waals surface area contributed by atoms with Gasteiger partial charge in [0.05, 0.1) is 35.5 Å². The van der Waals surface area contributed by atoms with Crippen LogP contribution >= 0.6 is 0 Å². The molecule has 1 amide bonds. The van der Waals surface area contributed by atoms with Gasteiger partial charge in [-0.1, -0.05) is 18.2 Å². The molecule has 0 aliphatic carbocycles. The Morgan fingerprint density at radius 3 is 2.60 bits per heavy atom. The lowest BCUT2D eigenvalue weighted by Gasteiger charge is -2.38. The van der Waals surface area contributed by atoms with E-state index in [1.807, 2.05) is 6.07 Å². The van der Waals surface area contributed by atoms with Crippen LogP contribution < -0.4 is 13.8 Å². The highest BCUT2D eigenvalue weighted by Crippen LogP contribution is 2.41. The third kappa shape index (κ3) is 4.91. The van der Waals surface area contributed by atoms with E-state index in [9.17, 15) is 23.3 Å². The van der Waals surface area contributed by atoms with E-state index in [4.69, 9.17) is 9.47 Å². The minimum absolute atomic E-state index is 0.0392. The standard InChI is InChI=1S/C27H27N5O7S/c1-38-20-9-8-18(24(15-20)39-2)17-30-13-11-19(14-25(30)33)31(40(36,37)21-6-4-3-5-7-21)26-22-10-12-28-27(22)29-16-23(26)32(34)35/h3-10,12,15-16,19H,11,13-14,17H2,1-2H3,(H,28,29). The normalized spacial score (nSPS) is 15.7. The summed E-state index contributed by atoms with van der Waals surface area (Å²) in [7, 11) is -1.24. The van der Waals surface area contributed by atoms with E-state index >= 15 is 0 Å². The minimum Gasteiger partial charge on any atom is -0.497 e. The number of nitro groups is 1. The molecular formula is C27H27N5O7S. The molecule has 3 heterocycles. The second-order valence-electron chi connectivity index (χ2n) is 9.24. The molecular weight excluding hydrogens is 538 g/mol. The average Bonchev–Trinajstić information content (AvgIpc) is 3.44. The number of sulfonamides is 1. The molecule has 12 nitrogen and oxygen atoms in total. The van der Waals surface area contributed by atoms with E-state index in [2.05, 4.69) is 9.97 Å². The van der Waals surface area contributed by atoms with Gasteiger partial charge >= 0.3 is 5.69 Å². The van der Waals surface area contributed by atoms with Crippen molar-refractivity contribution in [2.75, 3.05) is 25.1 Å². The minimum atomic E-state index is -4.31. The van der Waals surface area contributed by atoms with E-state index in [0.29, 0.717) is 17.1 Å². The van der Waals surface area contributed by atoms with Crippen molar-refractivity contribution < 1.29 is 27.6 Å². The fraction of sp³-hybridized carbons (Fsp3) is 0.259. The Kier molecular flexibility index (Phi) is 7.30. The number of likely N-dealkylation sites (tertiary alicyclic amines) is 1. The molecule has 40 heavy (non-hydrogen) atoms. The number of methoxy groups -OCH3 is 2. The molecule has 1 fully saturated rings. The number of ether oxygens (including phenoxy) is 2. The van der Waals surface area contributed by atoms with Crippen LogP contribution in [0.3, 0.4) is 0 Å². The van der Waals surface area contributed by atoms with Crippen molar-refractivity contribution in [3.63, 3.8) is 0 Å². The molecule has 0 saturated carbocycles. The van der Waals surface area contributed by atoms with Gasteiger partial charge in [0, 0.05) is 37.3 Å². The first-order valence-electron chi connectivity index (χ1n) is 12.4. The molecule has 1 N–H and O–H groups in total. The maximum absolute atomic E-state index is 14.1. The fourth-order valence-corrected chi connectivity index (χ4v) is 6.70. The lowest BCUT2D eigenvalue weighted by molar-refractivity contribution is -0.384. The van der Waals surface area contributed by atoms with Crippen molar-refractivity contribution in [3.05, 3.63) is 82.7 Å². The van der Waals surface area contributed by atoms with Gasteiger partial charge in [-0.05, 0) is 36.8 Å². The zero-order chi connectivity index (χ0) is 28.4. The smallest absolute Gasteiger partial charge is 0.312 e. The molecule has 1 aliphatic heterocycles. The SMILES string of the molecule is COc1ccc(CN2CCC(N(c3c([N+](=O)[O-])cnc4[nH]ccc34)S(=O)(=O)c3ccccc3)CC2=O)c(OC)c1. The molecule has 2 aromatic carbocycles. The molecule has 0 spiro atoms. The number of fused-ring (bicyclic) bond motifs is 1. The maximum atomic E-state index is 14.1. The number of benzene rings is 2. The number of piperidine rings is 1. The summed E-state index contributed by atoms with van der Waals surface area (Å²) < 4.78 is 40.0. The van der Waals surface area contributed by atoms with Crippen LogP contribution in [0.4, 0.5) is 11.4 Å². The van der Waals surface area contributed by atoms with Gasteiger partial charge in [0.2, 0.25) is 5.91 Å². The summed E-state index contributed by atoms with van der Waals surface area (Å²) in [6, 6.07) is 13.7. The molecule has 5 rings (SSSR count). The molecule has 13 heteroatoms. The van der Waals surface area contributed by atoms with Crippen LogP contribution in [0.1, 0.15) is 18.4 Å². The first-order chi connectivity index (χ1) is 19.2. The monoisotopic (exact) mass is 565 g/mol. The number of anilines is 1. The van der Waals surface area contributed by atoms with E-state index in [0.717, 1.165) is 16.1 Å². The Bertz CT molecular complexity index is 1670. The average molecular weight is 566 g/mol. The molecule has 4 aromatic rings. The number of carbonyl (C=O) groups is 1. The maximum Gasteiger partial charge on any atom is 0.312 e. The summed E-state index contributed by atoms with van der Waals surface area (Å²) in [5.74, 6) is 0.886. The Balaban J connectivity index is 1.54. The van der Waals surface area contributed by atoms with Crippen LogP contribution in [-0.2, 0) is 21.4 Å². The summed E-state index contributed by atoms with van der Waals surface area (Å²) in [4.78, 5) is 33.5. The van der Waals surface area contributed by atoms with E-state index in [1.54, 1.807) is 48.4 Å². The predicted molar refractivity (Wildman–Crippen MR) is 147 cm³/mol. The summed E-state index contributed by atoms with van der Waals surface area (Å²) in [5, 5.41) is 12.4. The lowest BCUT2D eigenvalue weighted by Crippen LogP contribution is -2.50. The number of pyridine rings is 1. The highest BCUT2D eigenvalue weighted by Gasteiger charge is 2.41. The highest BCUT2D eigenvalue weighted by atomic mass is 32.2. The number of nitrogens with one attached hydrogen (secondary N) is 1. The van der Waals surface area contributed by atoms with Crippen LogP contribution in [0.25, 0.3) is 11.0 Å². The topological polar surface area (TPSA) is 148 Å². The van der Waals surface area contributed by atoms with Gasteiger partial charge in [-0.25, -0.2) is 13.4 Å². The van der Waals surface area contributed by atoms with Crippen LogP contribution in [0.5, 0.6) is 11.5 Å². The highest BCUT2D eigenvalue weighted by molar-refractivity contribution is 7.93. The van der Waals surface area contributed by atoms with Gasteiger partial charge in [-0.15, -0.1) is 0 Å². The van der Waals surface area contributed by atoms with Crippen molar-refractivity contribution in [2.24, 2.45) is 0 Å². The summed E-state index contributed by atoms with van der Waals surface area (Å²) in [6.45, 7) is 0.482. The molecule has 1 aliphatic rings. The van der Waals surface area contributed by atoms with Crippen molar-refractivity contribution in [3.8, 4) is 11.5 Å². The second kappa shape index (κ2) is 10.8. The number of rotatable bonds is 9. The van der Waals surface area contributed by atoms with Gasteiger partial charge in [0.25, 0.3) is 10.0 Å². The lowest BCUT2D eigenvalue weighted by atomic mass is 10.0. The number of aromatic nitrogens is 2. The van der Waals surface area contributed by atoms with Gasteiger partial charge < -0.3 is 19.4 Å². The third-order valence-corrected chi connectivity index (χ3v) is 8.80. The van der Waals surface area contributed by atoms with Crippen LogP contribution in [0.15, 0.2) is 71.9 Å². The summed E-state index contributed by atoms with van der Waals surface area (Å²) >= 11 is 0. The zero-order valence-corrected chi connectivity index (χ0v) is 22.6. The summed E-state index contributed by atoms with van der Waals surface area (Å²) in [5.41, 5.74) is 0.472. The Morgan fingerprint density at radius 1 is 1.15 bits per heavy atom. The van der Waals surface area contributed by atoms with E-state index < -0.39 is 26.7 Å². The van der Waals surface area contributed by atoms with Gasteiger partial charge in [0.1, 0.15) is 29.0 Å². The molecule has 208 valence electrons. The molecule has 1 saturated heterocycles. The van der Waals surface area contributed by atoms with Crippen LogP contribution in [-0.4, -0.2) is 60.9 Å². The third-order valence-electron chi connectivity index (χ3n) is 6.94. The van der Waals surface area contributed by atoms with Crippen molar-refractivity contribution >= 4 is 38.3 Å². The van der Waals surface area contributed by atoms with Crippen LogP contribution in [0, 0.1) is 10.1 Å². The van der Waals surface area contributed by atoms with Crippen LogP contribution in [0.2, 0.25) is 0 Å². The number of carbonyl (C=O) groups excluding carboxylic acids is 1. The zero-order valence-electron chi connectivity index (χ0n) is 21.8.